The van der Waals surface area contributed by atoms with Crippen molar-refractivity contribution in [2.45, 2.75) is 386 Å². The number of hydrogen-bond acceptors (Lipinski definition) is 5. The van der Waals surface area contributed by atoms with Crippen LogP contribution in [-0.2, 0) is 14.3 Å². The first kappa shape index (κ1) is 72.3. The minimum atomic E-state index is -0.839. The second-order valence-electron chi connectivity index (χ2n) is 23.2. The lowest BCUT2D eigenvalue weighted by molar-refractivity contribution is -0.143. The smallest absolute Gasteiger partial charge is 0.305 e. The van der Waals surface area contributed by atoms with Crippen LogP contribution in [0.5, 0.6) is 0 Å². The van der Waals surface area contributed by atoms with Gasteiger partial charge in [-0.3, -0.25) is 9.59 Å². The zero-order chi connectivity index (χ0) is 53.6. The van der Waals surface area contributed by atoms with Gasteiger partial charge in [-0.1, -0.05) is 327 Å². The molecule has 0 rings (SSSR count). The Morgan fingerprint density at radius 1 is 0.365 bits per heavy atom. The summed E-state index contributed by atoms with van der Waals surface area (Å²) < 4.78 is 5.50. The van der Waals surface area contributed by atoms with Crippen LogP contribution in [0.4, 0.5) is 0 Å². The van der Waals surface area contributed by atoms with Crippen molar-refractivity contribution < 1.29 is 24.5 Å². The van der Waals surface area contributed by atoms with E-state index >= 15 is 0 Å². The molecule has 0 fully saturated rings. The number of ether oxygens (including phenoxy) is 1. The highest BCUT2D eigenvalue weighted by Gasteiger charge is 2.18. The van der Waals surface area contributed by atoms with Crippen molar-refractivity contribution in [1.82, 2.24) is 5.32 Å². The molecule has 2 unspecified atom stereocenters. The average Bonchev–Trinajstić information content (AvgIpc) is 3.40. The Bertz CT molecular complexity index is 1150. The van der Waals surface area contributed by atoms with Gasteiger partial charge >= 0.3 is 5.97 Å². The number of allylic oxidation sites excluding steroid dienone is 3. The predicted octanol–water partition coefficient (Wildman–Crippen LogP) is 21.4. The van der Waals surface area contributed by atoms with Gasteiger partial charge in [-0.2, -0.15) is 0 Å². The van der Waals surface area contributed by atoms with Crippen molar-refractivity contribution in [3.05, 3.63) is 24.3 Å². The normalized spacial score (nSPS) is 12.6. The lowest BCUT2D eigenvalue weighted by Gasteiger charge is -2.20. The molecule has 2 atom stereocenters. The number of unbranched alkanes of at least 4 members (excludes halogenated alkanes) is 50. The molecule has 74 heavy (non-hydrogen) atoms. The van der Waals surface area contributed by atoms with E-state index in [4.69, 9.17) is 4.74 Å². The molecule has 438 valence electrons. The van der Waals surface area contributed by atoms with Gasteiger partial charge in [0.05, 0.1) is 25.4 Å². The van der Waals surface area contributed by atoms with Gasteiger partial charge in [0.25, 0.3) is 0 Å². The molecule has 0 heterocycles. The summed E-state index contributed by atoms with van der Waals surface area (Å²) in [5.41, 5.74) is 0. The minimum absolute atomic E-state index is 0.0133. The van der Waals surface area contributed by atoms with E-state index in [2.05, 4.69) is 31.3 Å². The minimum Gasteiger partial charge on any atom is -0.466 e. The van der Waals surface area contributed by atoms with Crippen LogP contribution in [0.1, 0.15) is 373 Å². The van der Waals surface area contributed by atoms with Crippen LogP contribution in [0, 0.1) is 0 Å². The molecule has 0 aromatic rings. The van der Waals surface area contributed by atoms with Gasteiger partial charge in [-0.15, -0.1) is 0 Å². The topological polar surface area (TPSA) is 95.9 Å². The molecule has 0 spiro atoms. The fourth-order valence-corrected chi connectivity index (χ4v) is 10.6. The third-order valence-electron chi connectivity index (χ3n) is 15.7. The first-order chi connectivity index (χ1) is 36.5. The molecule has 0 aliphatic carbocycles. The second kappa shape index (κ2) is 63.9. The number of hydrogen-bond donors (Lipinski definition) is 3. The van der Waals surface area contributed by atoms with E-state index in [1.54, 1.807) is 6.08 Å². The molecule has 3 N–H and O–H groups in total. The van der Waals surface area contributed by atoms with Gasteiger partial charge in [0.15, 0.2) is 0 Å². The maximum Gasteiger partial charge on any atom is 0.305 e. The van der Waals surface area contributed by atoms with Crippen LogP contribution in [0.25, 0.3) is 0 Å². The maximum atomic E-state index is 12.4. The Kier molecular flexibility index (Phi) is 62.4. The van der Waals surface area contributed by atoms with E-state index in [0.29, 0.717) is 19.4 Å². The first-order valence-corrected chi connectivity index (χ1v) is 33.6. The van der Waals surface area contributed by atoms with Gasteiger partial charge < -0.3 is 20.3 Å². The molecule has 1 amide bonds. The summed E-state index contributed by atoms with van der Waals surface area (Å²) in [7, 11) is 0. The Morgan fingerprint density at radius 2 is 0.635 bits per heavy atom. The van der Waals surface area contributed by atoms with Crippen molar-refractivity contribution in [2.24, 2.45) is 0 Å². The van der Waals surface area contributed by atoms with E-state index in [-0.39, 0.29) is 18.5 Å². The Labute approximate surface area is 462 Å². The fraction of sp³-hybridized carbons (Fsp3) is 0.912. The quantitative estimate of drug-likeness (QED) is 0.0320. The summed E-state index contributed by atoms with van der Waals surface area (Å²) in [5, 5.41) is 23.0. The van der Waals surface area contributed by atoms with Crippen molar-refractivity contribution in [3.63, 3.8) is 0 Å². The summed E-state index contributed by atoms with van der Waals surface area (Å²) in [4.78, 5) is 24.5. The highest BCUT2D eigenvalue weighted by atomic mass is 16.5. The van der Waals surface area contributed by atoms with E-state index < -0.39 is 12.1 Å². The number of rotatable bonds is 63. The summed E-state index contributed by atoms with van der Waals surface area (Å²) in [6.07, 6.45) is 79.8. The zero-order valence-electron chi connectivity index (χ0n) is 50.1. The van der Waals surface area contributed by atoms with Crippen molar-refractivity contribution in [1.29, 1.82) is 0 Å². The van der Waals surface area contributed by atoms with E-state index in [9.17, 15) is 19.8 Å². The number of esters is 1. The number of aliphatic hydroxyl groups excluding tert-OH is 2. The fourth-order valence-electron chi connectivity index (χ4n) is 10.6. The molecular formula is C68H131NO5. The lowest BCUT2D eigenvalue weighted by Crippen LogP contribution is -2.45. The summed E-state index contributed by atoms with van der Waals surface area (Å²) in [6.45, 7) is 4.90. The Hall–Kier alpha value is -1.66. The van der Waals surface area contributed by atoms with Crippen LogP contribution < -0.4 is 5.32 Å². The molecule has 0 saturated carbocycles. The largest absolute Gasteiger partial charge is 0.466 e. The van der Waals surface area contributed by atoms with Gasteiger partial charge in [0.1, 0.15) is 0 Å². The number of aliphatic hydroxyl groups is 2. The van der Waals surface area contributed by atoms with Crippen molar-refractivity contribution >= 4 is 11.9 Å². The van der Waals surface area contributed by atoms with Gasteiger partial charge in [0, 0.05) is 12.8 Å². The van der Waals surface area contributed by atoms with Crippen molar-refractivity contribution in [2.75, 3.05) is 13.2 Å². The highest BCUT2D eigenvalue weighted by molar-refractivity contribution is 5.76. The number of carbonyl (C=O) groups is 2. The molecule has 0 bridgehead atoms. The van der Waals surface area contributed by atoms with E-state index in [1.165, 1.54) is 302 Å². The molecule has 0 aliphatic rings. The monoisotopic (exact) mass is 1040 g/mol. The van der Waals surface area contributed by atoms with E-state index in [1.807, 2.05) is 6.08 Å². The van der Waals surface area contributed by atoms with Crippen LogP contribution in [0.3, 0.4) is 0 Å². The molecule has 0 saturated heterocycles. The van der Waals surface area contributed by atoms with Crippen molar-refractivity contribution in [3.8, 4) is 0 Å². The van der Waals surface area contributed by atoms with Gasteiger partial charge in [-0.25, -0.2) is 0 Å². The van der Waals surface area contributed by atoms with Crippen LogP contribution >= 0.6 is 0 Å². The molecule has 6 heteroatoms. The molecular weight excluding hydrogens is 911 g/mol. The molecule has 0 radical (unpaired) electrons. The van der Waals surface area contributed by atoms with Crippen LogP contribution in [0.2, 0.25) is 0 Å². The average molecular weight is 1040 g/mol. The Morgan fingerprint density at radius 3 is 0.959 bits per heavy atom. The van der Waals surface area contributed by atoms with Gasteiger partial charge in [-0.05, 0) is 57.8 Å². The standard InChI is InChI=1S/C68H131NO5/c1-3-5-7-9-11-13-15-16-17-36-39-42-46-50-54-58-62-68(73)74-63-59-55-51-47-43-40-37-34-32-30-28-26-24-22-20-18-19-21-23-25-27-29-31-33-35-38-41-45-49-53-57-61-67(72)69-65(64-70)66(71)60-56-52-48-44-14-12-10-8-6-4-2/h17,36,56,60,65-66,70-71H,3-16,18-35,37-55,57-59,61-64H2,1-2H3,(H,69,72)/b36-17-,60-56+. The molecule has 6 nitrogen and oxygen atoms in total. The number of amides is 1. The first-order valence-electron chi connectivity index (χ1n) is 33.6. The SMILES string of the molecule is CCCCCCCCC/C=C\CCCCCCCC(=O)OCCCCCCCCCCCCCCCCCCCCCCCCCCCCCCCCCC(=O)NC(CO)C(O)/C=C/CCCCCCCCCC. The molecule has 0 aromatic carbocycles. The second-order valence-corrected chi connectivity index (χ2v) is 23.2. The molecule has 0 aromatic heterocycles. The van der Waals surface area contributed by atoms with Crippen LogP contribution in [-0.4, -0.2) is 47.4 Å². The predicted molar refractivity (Wildman–Crippen MR) is 324 cm³/mol. The maximum absolute atomic E-state index is 12.4. The van der Waals surface area contributed by atoms with E-state index in [0.717, 1.165) is 44.9 Å². The Balaban J connectivity index is 3.30. The summed E-state index contributed by atoms with van der Waals surface area (Å²) >= 11 is 0. The third-order valence-corrected chi connectivity index (χ3v) is 15.7. The third kappa shape index (κ3) is 59.6. The zero-order valence-corrected chi connectivity index (χ0v) is 50.1. The van der Waals surface area contributed by atoms with Crippen LogP contribution in [0.15, 0.2) is 24.3 Å². The highest BCUT2D eigenvalue weighted by Crippen LogP contribution is 2.18. The summed E-state index contributed by atoms with van der Waals surface area (Å²) in [6, 6.07) is -0.622. The number of nitrogens with one attached hydrogen (secondary N) is 1. The number of carbonyl (C=O) groups excluding carboxylic acids is 2. The van der Waals surface area contributed by atoms with Gasteiger partial charge in [0.2, 0.25) is 5.91 Å². The summed E-state index contributed by atoms with van der Waals surface area (Å²) in [5.74, 6) is -0.0510. The lowest BCUT2D eigenvalue weighted by atomic mass is 10.0. The molecule has 0 aliphatic heterocycles.